The summed E-state index contributed by atoms with van der Waals surface area (Å²) in [5.41, 5.74) is 1.53. The number of carbonyl (C=O) groups excluding carboxylic acids is 2. The lowest BCUT2D eigenvalue weighted by atomic mass is 9.53. The number of hydrogen-bond donors (Lipinski definition) is 3. The van der Waals surface area contributed by atoms with E-state index >= 15 is 0 Å². The van der Waals surface area contributed by atoms with Crippen LogP contribution in [0.4, 0.5) is 0 Å². The summed E-state index contributed by atoms with van der Waals surface area (Å²) in [5.74, 6) is -0.0724. The van der Waals surface area contributed by atoms with Crippen LogP contribution in [0.5, 0.6) is 0 Å². The molecule has 0 saturated heterocycles. The Balaban J connectivity index is 1.24. The zero-order valence-corrected chi connectivity index (χ0v) is 18.8. The molecule has 8 heteroatoms. The van der Waals surface area contributed by atoms with E-state index in [4.69, 9.17) is 0 Å². The Labute approximate surface area is 192 Å². The van der Waals surface area contributed by atoms with Gasteiger partial charge in [-0.15, -0.1) is 0 Å². The maximum Gasteiger partial charge on any atom is 0.326 e. The van der Waals surface area contributed by atoms with Crippen molar-refractivity contribution in [1.82, 2.24) is 20.4 Å². The summed E-state index contributed by atoms with van der Waals surface area (Å²) >= 11 is 0. The second-order valence-electron chi connectivity index (χ2n) is 10.2. The van der Waals surface area contributed by atoms with E-state index in [-0.39, 0.29) is 23.6 Å². The average Bonchev–Trinajstić information content (AvgIpc) is 3.14. The first-order valence-electron chi connectivity index (χ1n) is 11.7. The van der Waals surface area contributed by atoms with E-state index in [0.717, 1.165) is 24.8 Å². The molecule has 4 aliphatic carbocycles. The molecule has 4 aliphatic rings. The van der Waals surface area contributed by atoms with Crippen molar-refractivity contribution in [3.63, 3.8) is 0 Å². The molecule has 4 saturated carbocycles. The molecule has 0 aliphatic heterocycles. The highest BCUT2D eigenvalue weighted by atomic mass is 16.4. The largest absolute Gasteiger partial charge is 0.480 e. The highest BCUT2D eigenvalue weighted by Crippen LogP contribution is 2.55. The number of rotatable bonds is 7. The first-order chi connectivity index (χ1) is 15.8. The Bertz CT molecular complexity index is 1040. The van der Waals surface area contributed by atoms with Crippen LogP contribution < -0.4 is 10.6 Å². The lowest BCUT2D eigenvalue weighted by Crippen LogP contribution is -2.60. The minimum absolute atomic E-state index is 0.189. The van der Waals surface area contributed by atoms with E-state index in [1.807, 2.05) is 30.3 Å². The first-order valence-corrected chi connectivity index (χ1v) is 11.7. The van der Waals surface area contributed by atoms with Crippen molar-refractivity contribution in [2.24, 2.45) is 24.8 Å². The van der Waals surface area contributed by atoms with Gasteiger partial charge < -0.3 is 15.7 Å². The normalized spacial score (nSPS) is 28.3. The van der Waals surface area contributed by atoms with Gasteiger partial charge in [0.15, 0.2) is 0 Å². The number of hydrogen-bond acceptors (Lipinski definition) is 4. The Kier molecular flexibility index (Phi) is 5.46. The zero-order chi connectivity index (χ0) is 23.2. The number of aryl methyl sites for hydroxylation is 1. The van der Waals surface area contributed by atoms with Crippen molar-refractivity contribution in [1.29, 1.82) is 0 Å². The van der Waals surface area contributed by atoms with Crippen LogP contribution in [-0.2, 0) is 16.6 Å². The molecule has 2 aromatic rings. The Hall–Kier alpha value is -3.16. The van der Waals surface area contributed by atoms with Crippen molar-refractivity contribution < 1.29 is 19.5 Å². The van der Waals surface area contributed by atoms with Crippen molar-refractivity contribution in [2.75, 3.05) is 0 Å². The maximum atomic E-state index is 12.9. The fraction of sp³-hybridized carbons (Fsp3) is 0.520. The van der Waals surface area contributed by atoms with E-state index < -0.39 is 17.9 Å². The summed E-state index contributed by atoms with van der Waals surface area (Å²) in [5, 5.41) is 19.8. The number of aliphatic carboxylic acids is 1. The van der Waals surface area contributed by atoms with Crippen LogP contribution in [0.3, 0.4) is 0 Å². The molecule has 1 heterocycles. The number of nitrogens with zero attached hydrogens (tertiary/aromatic N) is 2. The molecule has 3 N–H and O–H groups in total. The van der Waals surface area contributed by atoms with Crippen molar-refractivity contribution in [3.05, 3.63) is 42.1 Å². The smallest absolute Gasteiger partial charge is 0.326 e. The van der Waals surface area contributed by atoms with E-state index in [1.165, 1.54) is 23.9 Å². The van der Waals surface area contributed by atoms with Crippen molar-refractivity contribution in [3.8, 4) is 11.3 Å². The summed E-state index contributed by atoms with van der Waals surface area (Å²) in [6, 6.07) is 9.75. The van der Waals surface area contributed by atoms with Crippen LogP contribution in [0, 0.1) is 17.8 Å². The number of amides is 2. The second-order valence-corrected chi connectivity index (χ2v) is 10.2. The molecule has 1 aromatic heterocycles. The predicted octanol–water partition coefficient (Wildman–Crippen LogP) is 2.75. The van der Waals surface area contributed by atoms with Gasteiger partial charge in [0.05, 0.1) is 12.1 Å². The minimum Gasteiger partial charge on any atom is -0.480 e. The fourth-order valence-corrected chi connectivity index (χ4v) is 6.66. The summed E-state index contributed by atoms with van der Waals surface area (Å²) in [6.45, 7) is 0. The Morgan fingerprint density at radius 1 is 1.09 bits per heavy atom. The molecule has 4 fully saturated rings. The van der Waals surface area contributed by atoms with Gasteiger partial charge in [0.1, 0.15) is 11.7 Å². The van der Waals surface area contributed by atoms with E-state index in [9.17, 15) is 19.5 Å². The molecular formula is C25H30N4O4. The van der Waals surface area contributed by atoms with Gasteiger partial charge in [-0.1, -0.05) is 30.3 Å². The van der Waals surface area contributed by atoms with Gasteiger partial charge in [0, 0.05) is 18.2 Å². The summed E-state index contributed by atoms with van der Waals surface area (Å²) in [4.78, 5) is 37.6. The van der Waals surface area contributed by atoms with Gasteiger partial charge in [-0.05, 0) is 62.3 Å². The SMILES string of the molecule is Cn1nc(-c2ccccc2)cc1C(=O)N[C@H](CC(=O)NC12CC3CC(CC(C3)C1)C2)C(=O)O. The molecule has 0 spiro atoms. The van der Waals surface area contributed by atoms with Crippen LogP contribution in [0.1, 0.15) is 55.4 Å². The third-order valence-corrected chi connectivity index (χ3v) is 7.62. The van der Waals surface area contributed by atoms with Gasteiger partial charge in [-0.25, -0.2) is 4.79 Å². The molecule has 0 unspecified atom stereocenters. The second kappa shape index (κ2) is 8.32. The number of carboxylic acids is 1. The maximum absolute atomic E-state index is 12.9. The quantitative estimate of drug-likeness (QED) is 0.600. The number of benzene rings is 1. The number of carboxylic acid groups (broad SMARTS) is 1. The molecule has 1 aromatic carbocycles. The third-order valence-electron chi connectivity index (χ3n) is 7.62. The highest BCUT2D eigenvalue weighted by Gasteiger charge is 2.51. The molecule has 1 atom stereocenters. The fourth-order valence-electron chi connectivity index (χ4n) is 6.66. The van der Waals surface area contributed by atoms with E-state index in [0.29, 0.717) is 23.4 Å². The molecule has 33 heavy (non-hydrogen) atoms. The van der Waals surface area contributed by atoms with Crippen LogP contribution in [0.2, 0.25) is 0 Å². The Morgan fingerprint density at radius 3 is 2.27 bits per heavy atom. The van der Waals surface area contributed by atoms with Gasteiger partial charge in [-0.3, -0.25) is 14.3 Å². The number of carbonyl (C=O) groups is 3. The van der Waals surface area contributed by atoms with Crippen LogP contribution >= 0.6 is 0 Å². The van der Waals surface area contributed by atoms with Crippen LogP contribution in [0.25, 0.3) is 11.3 Å². The monoisotopic (exact) mass is 450 g/mol. The molecule has 2 amide bonds. The third kappa shape index (κ3) is 4.38. The molecule has 174 valence electrons. The van der Waals surface area contributed by atoms with Crippen LogP contribution in [-0.4, -0.2) is 44.3 Å². The van der Waals surface area contributed by atoms with E-state index in [2.05, 4.69) is 15.7 Å². The molecule has 4 bridgehead atoms. The predicted molar refractivity (Wildman–Crippen MR) is 121 cm³/mol. The van der Waals surface area contributed by atoms with Gasteiger partial charge in [0.2, 0.25) is 5.91 Å². The molecule has 8 nitrogen and oxygen atoms in total. The van der Waals surface area contributed by atoms with Crippen molar-refractivity contribution >= 4 is 17.8 Å². The van der Waals surface area contributed by atoms with Gasteiger partial charge >= 0.3 is 5.97 Å². The lowest BCUT2D eigenvalue weighted by Gasteiger charge is -2.57. The van der Waals surface area contributed by atoms with Crippen LogP contribution in [0.15, 0.2) is 36.4 Å². The molecule has 0 radical (unpaired) electrons. The average molecular weight is 451 g/mol. The summed E-state index contributed by atoms with van der Waals surface area (Å²) < 4.78 is 1.42. The highest BCUT2D eigenvalue weighted by molar-refractivity contribution is 5.97. The topological polar surface area (TPSA) is 113 Å². The summed E-state index contributed by atoms with van der Waals surface area (Å²) in [6.07, 6.45) is 6.48. The lowest BCUT2D eigenvalue weighted by molar-refractivity contribution is -0.142. The van der Waals surface area contributed by atoms with Crippen molar-refractivity contribution in [2.45, 2.75) is 56.5 Å². The standard InChI is InChI=1S/C25H30N4O4/c1-29-21(10-19(28-29)18-5-3-2-4-6-18)23(31)26-20(24(32)33)11-22(30)27-25-12-15-7-16(13-25)9-17(8-15)14-25/h2-6,10,15-17,20H,7-9,11-14H2,1H3,(H,26,31)(H,27,30)(H,32,33)/t15?,16?,17?,20-,25?/m1/s1. The molecular weight excluding hydrogens is 420 g/mol. The Morgan fingerprint density at radius 2 is 1.70 bits per heavy atom. The van der Waals surface area contributed by atoms with Gasteiger partial charge in [-0.2, -0.15) is 5.10 Å². The molecule has 6 rings (SSSR count). The van der Waals surface area contributed by atoms with Gasteiger partial charge in [0.25, 0.3) is 5.91 Å². The number of nitrogens with one attached hydrogen (secondary N) is 2. The zero-order valence-electron chi connectivity index (χ0n) is 18.8. The number of aromatic nitrogens is 2. The first kappa shape index (κ1) is 21.7. The summed E-state index contributed by atoms with van der Waals surface area (Å²) in [7, 11) is 1.64. The minimum atomic E-state index is -1.30. The van der Waals surface area contributed by atoms with E-state index in [1.54, 1.807) is 13.1 Å².